The van der Waals surface area contributed by atoms with Gasteiger partial charge in [0.15, 0.2) is 0 Å². The fourth-order valence-corrected chi connectivity index (χ4v) is 0.329. The van der Waals surface area contributed by atoms with Crippen molar-refractivity contribution in [2.75, 3.05) is 7.05 Å². The van der Waals surface area contributed by atoms with Gasteiger partial charge in [-0.2, -0.15) is 0 Å². The van der Waals surface area contributed by atoms with Crippen LogP contribution >= 0.6 is 0 Å². The predicted molar refractivity (Wildman–Crippen MR) is 73.0 cm³/mol. The molecule has 25 heavy (non-hydrogen) atoms. The summed E-state index contributed by atoms with van der Waals surface area (Å²) in [5.41, 5.74) is -0.389. The molecule has 0 aliphatic carbocycles. The molecule has 0 radical (unpaired) electrons. The van der Waals surface area contributed by atoms with E-state index in [4.69, 9.17) is 4.74 Å². The number of ether oxygens (including phenoxy) is 1. The Labute approximate surface area is 178 Å². The number of carbonyl (C=O) groups excluding carboxylic acids is 1. The van der Waals surface area contributed by atoms with Crippen molar-refractivity contribution in [1.82, 2.24) is 5.32 Å². The van der Waals surface area contributed by atoms with Gasteiger partial charge in [0.1, 0.15) is 5.60 Å². The van der Waals surface area contributed by atoms with Crippen molar-refractivity contribution in [2.24, 2.45) is 0 Å². The fourth-order valence-electron chi connectivity index (χ4n) is 0.329. The molecule has 0 saturated heterocycles. The average molecular weight is 432 g/mol. The van der Waals surface area contributed by atoms with Crippen LogP contribution in [0.15, 0.2) is 0 Å². The van der Waals surface area contributed by atoms with Crippen LogP contribution in [-0.2, 0) is 4.74 Å². The van der Waals surface area contributed by atoms with Crippen molar-refractivity contribution in [3.63, 3.8) is 0 Å². The second-order valence-corrected chi connectivity index (χ2v) is 4.24. The topological polar surface area (TPSA) is 38.3 Å². The van der Waals surface area contributed by atoms with E-state index in [1.807, 2.05) is 20.8 Å². The molecule has 1 amide bonds. The minimum absolute atomic E-state index is 0. The Morgan fingerprint density at radius 2 is 0.880 bits per heavy atom. The van der Waals surface area contributed by atoms with Gasteiger partial charge in [0.05, 0.1) is 0 Å². The molecule has 0 spiro atoms. The van der Waals surface area contributed by atoms with Gasteiger partial charge in [-0.3, -0.25) is 0 Å². The van der Waals surface area contributed by atoms with Crippen molar-refractivity contribution in [2.45, 2.75) is 26.4 Å². The first-order chi connectivity index (χ1) is 9.95. The molecule has 0 rings (SSSR count). The Morgan fingerprint density at radius 3 is 0.920 bits per heavy atom. The average Bonchev–Trinajstić information content (AvgIpc) is 2.05. The Morgan fingerprint density at radius 1 is 0.720 bits per heavy atom. The van der Waals surface area contributed by atoms with E-state index in [1.165, 1.54) is 7.05 Å². The molecule has 0 bridgehead atoms. The van der Waals surface area contributed by atoms with Crippen molar-refractivity contribution in [3.05, 3.63) is 0 Å². The third-order valence-electron chi connectivity index (χ3n) is 0.603. The molecule has 0 aromatic rings. The van der Waals surface area contributed by atoms with Crippen molar-refractivity contribution >= 4 is 79.2 Å². The summed E-state index contributed by atoms with van der Waals surface area (Å²) >= 11 is 0. The number of nitrogens with one attached hydrogen (secondary N) is 1. The molecule has 0 aliphatic heterocycles. The summed E-state index contributed by atoms with van der Waals surface area (Å²) < 4.78 is 122. The van der Waals surface area contributed by atoms with Gasteiger partial charge in [-0.05, 0) is 20.8 Å². The van der Waals surface area contributed by atoms with E-state index in [2.05, 4.69) is 5.32 Å². The van der Waals surface area contributed by atoms with E-state index >= 15 is 0 Å². The van der Waals surface area contributed by atoms with Gasteiger partial charge in [0.2, 0.25) is 0 Å². The second-order valence-electron chi connectivity index (χ2n) is 4.24. The SMILES string of the molecule is CNC(=O)OC(C)(C)C.F[B-](F)(F)F.F[B-](F)(F)F.F[B-](F)(F)F.[KH]. The monoisotopic (exact) mass is 432 g/mol. The number of carbonyl (C=O) groups is 1. The first-order valence-corrected chi connectivity index (χ1v) is 5.48. The van der Waals surface area contributed by atoms with Gasteiger partial charge in [0.25, 0.3) is 0 Å². The molecule has 0 saturated carbocycles. The summed E-state index contributed by atoms with van der Waals surface area (Å²) in [6.07, 6.45) is -0.387. The van der Waals surface area contributed by atoms with Crippen molar-refractivity contribution < 1.29 is 61.3 Å². The van der Waals surface area contributed by atoms with E-state index in [0.717, 1.165) is 0 Å². The summed E-state index contributed by atoms with van der Waals surface area (Å²) in [5.74, 6) is 0. The maximum absolute atomic E-state index is 10.5. The van der Waals surface area contributed by atoms with Crippen LogP contribution in [0.3, 0.4) is 0 Å². The molecule has 0 aliphatic rings. The molecular weight excluding hydrogens is 418 g/mol. The van der Waals surface area contributed by atoms with Crippen LogP contribution in [0, 0.1) is 0 Å². The van der Waals surface area contributed by atoms with Crippen LogP contribution in [0.2, 0.25) is 0 Å². The number of hydrogen-bond acceptors (Lipinski definition) is 2. The van der Waals surface area contributed by atoms with Crippen molar-refractivity contribution in [3.8, 4) is 0 Å². The molecule has 0 atom stereocenters. The molecule has 19 heteroatoms. The van der Waals surface area contributed by atoms with Crippen LogP contribution in [0.5, 0.6) is 0 Å². The van der Waals surface area contributed by atoms with Gasteiger partial charge in [-0.1, -0.05) is 0 Å². The molecule has 0 unspecified atom stereocenters. The summed E-state index contributed by atoms with van der Waals surface area (Å²) in [6, 6.07) is 0. The van der Waals surface area contributed by atoms with Gasteiger partial charge in [-0.25, -0.2) is 4.79 Å². The molecule has 0 fully saturated rings. The number of rotatable bonds is 0. The summed E-state index contributed by atoms with van der Waals surface area (Å²) in [7, 11) is -16.5. The van der Waals surface area contributed by atoms with Crippen LogP contribution in [0.4, 0.5) is 56.6 Å². The Bertz CT molecular complexity index is 282. The van der Waals surface area contributed by atoms with Gasteiger partial charge >= 0.3 is 79.2 Å². The zero-order chi connectivity index (χ0) is 21.0. The quantitative estimate of drug-likeness (QED) is 0.456. The van der Waals surface area contributed by atoms with Gasteiger partial charge < -0.3 is 61.8 Å². The molecule has 1 N–H and O–H groups in total. The second kappa shape index (κ2) is 15.3. The van der Waals surface area contributed by atoms with Crippen molar-refractivity contribution in [1.29, 1.82) is 0 Å². The number of hydrogen-bond donors (Lipinski definition) is 1. The molecule has 0 aromatic heterocycles. The molecule has 0 aromatic carbocycles. The molecule has 0 heterocycles. The van der Waals surface area contributed by atoms with Gasteiger partial charge in [0, 0.05) is 7.05 Å². The third-order valence-corrected chi connectivity index (χ3v) is 0.603. The maximum atomic E-state index is 10.5. The van der Waals surface area contributed by atoms with E-state index in [-0.39, 0.29) is 63.1 Å². The minimum atomic E-state index is -6.00. The van der Waals surface area contributed by atoms with Crippen LogP contribution < -0.4 is 5.32 Å². The first kappa shape index (κ1) is 36.2. The Balaban J connectivity index is -0.0000000733. The predicted octanol–water partition coefficient (Wildman–Crippen LogP) is 4.39. The van der Waals surface area contributed by atoms with E-state index in [0.29, 0.717) is 0 Å². The Kier molecular flexibility index (Phi) is 22.2. The molecule has 152 valence electrons. The van der Waals surface area contributed by atoms with E-state index in [1.54, 1.807) is 0 Å². The normalized spacial score (nSPS) is 11.0. The summed E-state index contributed by atoms with van der Waals surface area (Å²) in [6.45, 7) is 5.46. The van der Waals surface area contributed by atoms with Crippen LogP contribution in [0.25, 0.3) is 0 Å². The number of halogens is 12. The molecule has 3 nitrogen and oxygen atoms in total. The zero-order valence-corrected chi connectivity index (χ0v) is 12.6. The number of amides is 1. The Hall–Kier alpha value is 0.261. The zero-order valence-electron chi connectivity index (χ0n) is 12.6. The molecular formula is C6H14B3F12KNO2-3. The van der Waals surface area contributed by atoms with E-state index < -0.39 is 21.8 Å². The van der Waals surface area contributed by atoms with E-state index in [9.17, 15) is 56.6 Å². The fraction of sp³-hybridized carbons (Fsp3) is 0.833. The standard InChI is InChI=1S/C6H13NO2.3BF4.K.H/c1-6(2,3)9-5(8)7-4;3*2-1(3,4)5;;/h1-4H3,(H,7,8);;;;;/q;3*-1;;. The number of alkyl carbamates (subject to hydrolysis) is 1. The van der Waals surface area contributed by atoms with Crippen LogP contribution in [-0.4, -0.2) is 91.9 Å². The summed E-state index contributed by atoms with van der Waals surface area (Å²) in [5, 5.41) is 2.36. The summed E-state index contributed by atoms with van der Waals surface area (Å²) in [4.78, 5) is 10.5. The first-order valence-electron chi connectivity index (χ1n) is 5.48. The van der Waals surface area contributed by atoms with Crippen LogP contribution in [0.1, 0.15) is 20.8 Å². The van der Waals surface area contributed by atoms with Gasteiger partial charge in [-0.15, -0.1) is 0 Å². The third kappa shape index (κ3) is 228.